The summed E-state index contributed by atoms with van der Waals surface area (Å²) in [5, 5.41) is 5.94. The fourth-order valence-corrected chi connectivity index (χ4v) is 5.44. The van der Waals surface area contributed by atoms with Crippen LogP contribution in [0.2, 0.25) is 0 Å². The molecule has 4 heterocycles. The molecule has 1 aliphatic rings. The first-order valence-electron chi connectivity index (χ1n) is 12.3. The van der Waals surface area contributed by atoms with Crippen LogP contribution in [0.25, 0.3) is 16.7 Å². The van der Waals surface area contributed by atoms with E-state index < -0.39 is 0 Å². The van der Waals surface area contributed by atoms with Crippen LogP contribution in [0.5, 0.6) is 0 Å². The van der Waals surface area contributed by atoms with Crippen LogP contribution in [0.15, 0.2) is 72.8 Å². The SMILES string of the molecule is Cc1cc(C)c2c(n1)nn1c(N3CCN(C(c4ccccc4)c4ccccc4)CC3)cc(C)nc21. The van der Waals surface area contributed by atoms with Gasteiger partial charge in [-0.15, -0.1) is 5.10 Å². The van der Waals surface area contributed by atoms with Gasteiger partial charge < -0.3 is 4.90 Å². The van der Waals surface area contributed by atoms with Gasteiger partial charge in [0.2, 0.25) is 0 Å². The Hall–Kier alpha value is -3.77. The van der Waals surface area contributed by atoms with E-state index in [-0.39, 0.29) is 6.04 Å². The average molecular weight is 463 g/mol. The molecule has 1 fully saturated rings. The Morgan fingerprint density at radius 2 is 1.31 bits per heavy atom. The van der Waals surface area contributed by atoms with Gasteiger partial charge in [-0.1, -0.05) is 60.7 Å². The van der Waals surface area contributed by atoms with Crippen molar-refractivity contribution in [3.05, 3.63) is 101 Å². The zero-order chi connectivity index (χ0) is 23.9. The molecule has 6 nitrogen and oxygen atoms in total. The van der Waals surface area contributed by atoms with E-state index in [1.165, 1.54) is 16.7 Å². The topological polar surface area (TPSA) is 49.6 Å². The Balaban J connectivity index is 1.34. The number of hydrogen-bond acceptors (Lipinski definition) is 5. The highest BCUT2D eigenvalue weighted by molar-refractivity contribution is 5.93. The van der Waals surface area contributed by atoms with Crippen molar-refractivity contribution < 1.29 is 0 Å². The number of piperazine rings is 1. The minimum Gasteiger partial charge on any atom is -0.354 e. The molecule has 1 aliphatic heterocycles. The normalized spacial score (nSPS) is 14.9. The van der Waals surface area contributed by atoms with Gasteiger partial charge in [-0.25, -0.2) is 9.97 Å². The van der Waals surface area contributed by atoms with E-state index in [2.05, 4.69) is 96.4 Å². The first-order valence-corrected chi connectivity index (χ1v) is 12.3. The monoisotopic (exact) mass is 462 g/mol. The van der Waals surface area contributed by atoms with Gasteiger partial charge in [-0.3, -0.25) is 4.90 Å². The van der Waals surface area contributed by atoms with Crippen molar-refractivity contribution in [1.29, 1.82) is 0 Å². The quantitative estimate of drug-likeness (QED) is 0.371. The van der Waals surface area contributed by atoms with E-state index >= 15 is 0 Å². The predicted octanol–water partition coefficient (Wildman–Crippen LogP) is 5.11. The van der Waals surface area contributed by atoms with Crippen LogP contribution >= 0.6 is 0 Å². The second-order valence-electron chi connectivity index (χ2n) is 9.52. The highest BCUT2D eigenvalue weighted by atomic mass is 15.4. The number of hydrogen-bond donors (Lipinski definition) is 0. The third-order valence-electron chi connectivity index (χ3n) is 7.02. The van der Waals surface area contributed by atoms with Gasteiger partial charge in [0.15, 0.2) is 11.3 Å². The molecule has 5 aromatic rings. The van der Waals surface area contributed by atoms with E-state index in [0.717, 1.165) is 60.1 Å². The van der Waals surface area contributed by atoms with Gasteiger partial charge in [-0.2, -0.15) is 4.52 Å². The standard InChI is InChI=1S/C29H30N6/c1-20-18-21(2)30-28-26(20)29-31-22(3)19-25(35(29)32-28)33-14-16-34(17-15-33)27(23-10-6-4-7-11-23)24-12-8-5-9-13-24/h4-13,18-19,27H,14-17H2,1-3H3. The summed E-state index contributed by atoms with van der Waals surface area (Å²) in [7, 11) is 0. The van der Waals surface area contributed by atoms with Gasteiger partial charge >= 0.3 is 0 Å². The van der Waals surface area contributed by atoms with E-state index in [4.69, 9.17) is 15.1 Å². The number of rotatable bonds is 4. The molecule has 1 saturated heterocycles. The van der Waals surface area contributed by atoms with Crippen molar-refractivity contribution in [1.82, 2.24) is 24.5 Å². The molecule has 0 bridgehead atoms. The largest absolute Gasteiger partial charge is 0.354 e. The summed E-state index contributed by atoms with van der Waals surface area (Å²) in [6.07, 6.45) is 0. The molecule has 0 atom stereocenters. The van der Waals surface area contributed by atoms with E-state index in [0.29, 0.717) is 0 Å². The molecule has 6 rings (SSSR count). The lowest BCUT2D eigenvalue weighted by molar-refractivity contribution is 0.211. The number of anilines is 1. The molecular weight excluding hydrogens is 432 g/mol. The van der Waals surface area contributed by atoms with Crippen molar-refractivity contribution in [2.75, 3.05) is 31.1 Å². The van der Waals surface area contributed by atoms with Crippen LogP contribution in [0.3, 0.4) is 0 Å². The predicted molar refractivity (Wildman–Crippen MR) is 141 cm³/mol. The number of fused-ring (bicyclic) bond motifs is 3. The highest BCUT2D eigenvalue weighted by Crippen LogP contribution is 2.31. The van der Waals surface area contributed by atoms with E-state index in [1.54, 1.807) is 0 Å². The number of nitrogens with zero attached hydrogens (tertiary/aromatic N) is 6. The third-order valence-corrected chi connectivity index (χ3v) is 7.02. The smallest absolute Gasteiger partial charge is 0.184 e. The molecule has 0 aliphatic carbocycles. The van der Waals surface area contributed by atoms with Crippen molar-refractivity contribution in [3.8, 4) is 0 Å². The Kier molecular flexibility index (Phi) is 5.46. The summed E-state index contributed by atoms with van der Waals surface area (Å²) in [6, 6.07) is 26.2. The lowest BCUT2D eigenvalue weighted by Crippen LogP contribution is -2.48. The summed E-state index contributed by atoms with van der Waals surface area (Å²) < 4.78 is 2.00. The maximum atomic E-state index is 4.89. The molecule has 35 heavy (non-hydrogen) atoms. The Labute approximate surface area is 205 Å². The van der Waals surface area contributed by atoms with E-state index in [9.17, 15) is 0 Å². The fourth-order valence-electron chi connectivity index (χ4n) is 5.44. The number of aromatic nitrogens is 4. The van der Waals surface area contributed by atoms with Gasteiger partial charge in [-0.05, 0) is 43.5 Å². The van der Waals surface area contributed by atoms with Crippen LogP contribution in [0.1, 0.15) is 34.1 Å². The molecular formula is C29H30N6. The van der Waals surface area contributed by atoms with Gasteiger partial charge in [0.05, 0.1) is 11.4 Å². The van der Waals surface area contributed by atoms with Crippen LogP contribution < -0.4 is 4.90 Å². The van der Waals surface area contributed by atoms with Crippen LogP contribution in [0, 0.1) is 20.8 Å². The van der Waals surface area contributed by atoms with Gasteiger partial charge in [0.25, 0.3) is 0 Å². The fraction of sp³-hybridized carbons (Fsp3) is 0.276. The van der Waals surface area contributed by atoms with Crippen molar-refractivity contribution in [2.24, 2.45) is 0 Å². The molecule has 6 heteroatoms. The zero-order valence-corrected chi connectivity index (χ0v) is 20.5. The molecule has 0 spiro atoms. The van der Waals surface area contributed by atoms with Crippen molar-refractivity contribution >= 4 is 22.5 Å². The van der Waals surface area contributed by atoms with E-state index in [1.807, 2.05) is 11.4 Å². The Morgan fingerprint density at radius 1 is 0.714 bits per heavy atom. The van der Waals surface area contributed by atoms with Crippen LogP contribution in [-0.2, 0) is 0 Å². The van der Waals surface area contributed by atoms with Gasteiger partial charge in [0.1, 0.15) is 5.82 Å². The van der Waals surface area contributed by atoms with Crippen LogP contribution in [-0.4, -0.2) is 50.7 Å². The summed E-state index contributed by atoms with van der Waals surface area (Å²) in [5.74, 6) is 1.10. The molecule has 176 valence electrons. The Bertz CT molecular complexity index is 1440. The maximum Gasteiger partial charge on any atom is 0.184 e. The molecule has 0 radical (unpaired) electrons. The Morgan fingerprint density at radius 3 is 1.94 bits per heavy atom. The first kappa shape index (κ1) is 21.7. The molecule has 0 N–H and O–H groups in total. The minimum absolute atomic E-state index is 0.251. The second-order valence-corrected chi connectivity index (χ2v) is 9.52. The summed E-state index contributed by atoms with van der Waals surface area (Å²) >= 11 is 0. The van der Waals surface area contributed by atoms with Crippen molar-refractivity contribution in [3.63, 3.8) is 0 Å². The third kappa shape index (κ3) is 3.94. The number of aryl methyl sites for hydroxylation is 3. The first-order chi connectivity index (χ1) is 17.1. The summed E-state index contributed by atoms with van der Waals surface area (Å²) in [4.78, 5) is 14.6. The lowest BCUT2D eigenvalue weighted by Gasteiger charge is -2.40. The second kappa shape index (κ2) is 8.78. The molecule has 0 saturated carbocycles. The lowest BCUT2D eigenvalue weighted by atomic mass is 9.96. The molecule has 2 aromatic carbocycles. The molecule has 0 amide bonds. The summed E-state index contributed by atoms with van der Waals surface area (Å²) in [6.45, 7) is 9.99. The molecule has 3 aromatic heterocycles. The minimum atomic E-state index is 0.251. The number of pyridine rings is 1. The summed E-state index contributed by atoms with van der Waals surface area (Å²) in [5.41, 5.74) is 7.50. The van der Waals surface area contributed by atoms with Crippen molar-refractivity contribution in [2.45, 2.75) is 26.8 Å². The van der Waals surface area contributed by atoms with Crippen LogP contribution in [0.4, 0.5) is 5.82 Å². The maximum absolute atomic E-state index is 4.89. The highest BCUT2D eigenvalue weighted by Gasteiger charge is 2.28. The van der Waals surface area contributed by atoms with Gasteiger partial charge in [0, 0.05) is 43.6 Å². The zero-order valence-electron chi connectivity index (χ0n) is 20.5. The number of benzene rings is 2. The molecule has 0 unspecified atom stereocenters. The average Bonchev–Trinajstić information content (AvgIpc) is 3.24.